The van der Waals surface area contributed by atoms with E-state index in [-0.39, 0.29) is 22.3 Å². The molecular weight excluding hydrogens is 261 g/mol. The third kappa shape index (κ3) is 2.76. The summed E-state index contributed by atoms with van der Waals surface area (Å²) in [6, 6.07) is 0. The van der Waals surface area contributed by atoms with Gasteiger partial charge in [-0.2, -0.15) is 0 Å². The monoisotopic (exact) mass is 271 g/mol. The smallest absolute Gasteiger partial charge is 0.230 e. The molecule has 4 nitrogen and oxygen atoms in total. The van der Waals surface area contributed by atoms with Crippen molar-refractivity contribution in [2.45, 2.75) is 12.8 Å². The van der Waals surface area contributed by atoms with Gasteiger partial charge in [0.15, 0.2) is 5.15 Å². The molecule has 17 heavy (non-hydrogen) atoms. The first-order chi connectivity index (χ1) is 8.13. The van der Waals surface area contributed by atoms with Crippen molar-refractivity contribution < 1.29 is 4.79 Å². The summed E-state index contributed by atoms with van der Waals surface area (Å²) in [6.07, 6.45) is 4.96. The summed E-state index contributed by atoms with van der Waals surface area (Å²) in [5.41, 5.74) is 0.480. The lowest BCUT2D eigenvalue weighted by Gasteiger charge is -2.21. The molecule has 0 bridgehead atoms. The van der Waals surface area contributed by atoms with Gasteiger partial charge in [0, 0.05) is 12.5 Å². The molecule has 0 N–H and O–H groups in total. The highest BCUT2D eigenvalue weighted by Gasteiger charge is 2.34. The number of amides is 1. The molecule has 0 unspecified atom stereocenters. The molecule has 1 aromatic heterocycles. The van der Waals surface area contributed by atoms with Gasteiger partial charge < -0.3 is 4.90 Å². The summed E-state index contributed by atoms with van der Waals surface area (Å²) >= 11 is 11.6. The number of nitrogens with zero attached hydrogens (tertiary/aromatic N) is 3. The van der Waals surface area contributed by atoms with Crippen molar-refractivity contribution in [2.75, 3.05) is 11.4 Å². The number of rotatable bonds is 4. The number of halogens is 2. The lowest BCUT2D eigenvalue weighted by molar-refractivity contribution is -0.119. The van der Waals surface area contributed by atoms with E-state index in [4.69, 9.17) is 23.2 Å². The summed E-state index contributed by atoms with van der Waals surface area (Å²) in [7, 11) is 0. The third-order valence-corrected chi connectivity index (χ3v) is 2.95. The Morgan fingerprint density at radius 2 is 2.29 bits per heavy atom. The number of carbonyl (C=O) groups excluding carboxylic acids is 1. The maximum atomic E-state index is 12.1. The number of hydrogen-bond acceptors (Lipinski definition) is 3. The standard InChI is InChI=1S/C11H11Cl2N3O/c1-2-5-16(10(17)7-3-4-7)8-6-14-11(13)15-9(8)12/h2,6-7H,1,3-5H2. The number of anilines is 1. The minimum Gasteiger partial charge on any atom is -0.304 e. The van der Waals surface area contributed by atoms with Crippen LogP contribution >= 0.6 is 23.2 Å². The van der Waals surface area contributed by atoms with Crippen LogP contribution in [0.3, 0.4) is 0 Å². The van der Waals surface area contributed by atoms with E-state index >= 15 is 0 Å². The van der Waals surface area contributed by atoms with Crippen LogP contribution in [0.4, 0.5) is 5.69 Å². The van der Waals surface area contributed by atoms with Gasteiger partial charge in [-0.15, -0.1) is 6.58 Å². The number of aromatic nitrogens is 2. The van der Waals surface area contributed by atoms with Gasteiger partial charge >= 0.3 is 0 Å². The van der Waals surface area contributed by atoms with Gasteiger partial charge in [0.05, 0.1) is 6.20 Å². The minimum atomic E-state index is 0.0396. The lowest BCUT2D eigenvalue weighted by atomic mass is 10.3. The molecule has 1 aliphatic rings. The average molecular weight is 272 g/mol. The zero-order valence-corrected chi connectivity index (χ0v) is 10.6. The molecule has 2 rings (SSSR count). The summed E-state index contributed by atoms with van der Waals surface area (Å²) < 4.78 is 0. The first-order valence-electron chi connectivity index (χ1n) is 5.23. The van der Waals surface area contributed by atoms with Crippen LogP contribution < -0.4 is 4.90 Å². The van der Waals surface area contributed by atoms with E-state index in [1.807, 2.05) is 0 Å². The van der Waals surface area contributed by atoms with Crippen LogP contribution in [0.5, 0.6) is 0 Å². The molecule has 1 aromatic rings. The molecule has 1 heterocycles. The maximum Gasteiger partial charge on any atom is 0.230 e. The Bertz CT molecular complexity index is 460. The second kappa shape index (κ2) is 5.02. The van der Waals surface area contributed by atoms with Crippen LogP contribution in [0.1, 0.15) is 12.8 Å². The molecule has 0 aliphatic heterocycles. The van der Waals surface area contributed by atoms with E-state index in [1.165, 1.54) is 6.20 Å². The fourth-order valence-corrected chi connectivity index (χ4v) is 1.91. The van der Waals surface area contributed by atoms with Crippen LogP contribution in [0, 0.1) is 5.92 Å². The van der Waals surface area contributed by atoms with Gasteiger partial charge in [-0.25, -0.2) is 9.97 Å². The predicted molar refractivity (Wildman–Crippen MR) is 67.3 cm³/mol. The second-order valence-electron chi connectivity index (χ2n) is 3.83. The van der Waals surface area contributed by atoms with Gasteiger partial charge in [-0.05, 0) is 24.4 Å². The van der Waals surface area contributed by atoms with Gasteiger partial charge in [0.25, 0.3) is 0 Å². The molecule has 6 heteroatoms. The van der Waals surface area contributed by atoms with Gasteiger partial charge in [0.2, 0.25) is 11.2 Å². The second-order valence-corrected chi connectivity index (χ2v) is 4.52. The van der Waals surface area contributed by atoms with Crippen LogP contribution in [0.25, 0.3) is 0 Å². The largest absolute Gasteiger partial charge is 0.304 e. The fraction of sp³-hybridized carbons (Fsp3) is 0.364. The van der Waals surface area contributed by atoms with Gasteiger partial charge in [0.1, 0.15) is 5.69 Å². The summed E-state index contributed by atoms with van der Waals surface area (Å²) in [5.74, 6) is 0.138. The molecule has 1 amide bonds. The van der Waals surface area contributed by atoms with Crippen molar-refractivity contribution >= 4 is 34.8 Å². The Labute approximate surface area is 109 Å². The molecule has 0 saturated heterocycles. The lowest BCUT2D eigenvalue weighted by Crippen LogP contribution is -2.32. The SMILES string of the molecule is C=CCN(C(=O)C1CC1)c1cnc(Cl)nc1Cl. The molecule has 1 aliphatic carbocycles. The molecule has 0 radical (unpaired) electrons. The Balaban J connectivity index is 2.30. The van der Waals surface area contributed by atoms with E-state index in [0.29, 0.717) is 12.2 Å². The highest BCUT2D eigenvalue weighted by Crippen LogP contribution is 2.34. The first-order valence-corrected chi connectivity index (χ1v) is 5.99. The molecule has 90 valence electrons. The van der Waals surface area contributed by atoms with E-state index in [2.05, 4.69) is 16.5 Å². The van der Waals surface area contributed by atoms with Gasteiger partial charge in [-0.1, -0.05) is 17.7 Å². The zero-order chi connectivity index (χ0) is 12.4. The van der Waals surface area contributed by atoms with Crippen LogP contribution in [-0.4, -0.2) is 22.4 Å². The minimum absolute atomic E-state index is 0.0396. The third-order valence-electron chi connectivity index (χ3n) is 2.49. The summed E-state index contributed by atoms with van der Waals surface area (Å²) in [5, 5.41) is 0.247. The van der Waals surface area contributed by atoms with Crippen molar-refractivity contribution in [1.82, 2.24) is 9.97 Å². The summed E-state index contributed by atoms with van der Waals surface area (Å²) in [6.45, 7) is 4.02. The quantitative estimate of drug-likeness (QED) is 0.481. The number of carbonyl (C=O) groups is 1. The topological polar surface area (TPSA) is 46.1 Å². The van der Waals surface area contributed by atoms with E-state index in [9.17, 15) is 4.79 Å². The highest BCUT2D eigenvalue weighted by atomic mass is 35.5. The Kier molecular flexibility index (Phi) is 3.64. The Morgan fingerprint density at radius 3 is 2.82 bits per heavy atom. The van der Waals surface area contributed by atoms with Crippen molar-refractivity contribution in [3.8, 4) is 0 Å². The van der Waals surface area contributed by atoms with Gasteiger partial charge in [-0.3, -0.25) is 4.79 Å². The molecule has 0 atom stereocenters. The van der Waals surface area contributed by atoms with Crippen molar-refractivity contribution in [3.63, 3.8) is 0 Å². The molecule has 0 spiro atoms. The van der Waals surface area contributed by atoms with Crippen LogP contribution in [-0.2, 0) is 4.79 Å². The molecule has 0 aromatic carbocycles. The predicted octanol–water partition coefficient (Wildman–Crippen LogP) is 2.71. The molecule has 1 fully saturated rings. The van der Waals surface area contributed by atoms with Crippen molar-refractivity contribution in [2.24, 2.45) is 5.92 Å². The summed E-state index contributed by atoms with van der Waals surface area (Å²) in [4.78, 5) is 21.3. The number of hydrogen-bond donors (Lipinski definition) is 0. The normalized spacial score (nSPS) is 14.5. The molecular formula is C11H11Cl2N3O. The van der Waals surface area contributed by atoms with Crippen LogP contribution in [0.2, 0.25) is 10.4 Å². The average Bonchev–Trinajstić information content (AvgIpc) is 3.10. The fourth-order valence-electron chi connectivity index (χ4n) is 1.50. The maximum absolute atomic E-state index is 12.1. The molecule has 1 saturated carbocycles. The highest BCUT2D eigenvalue weighted by molar-refractivity contribution is 6.34. The van der Waals surface area contributed by atoms with E-state index < -0.39 is 0 Å². The van der Waals surface area contributed by atoms with Crippen molar-refractivity contribution in [3.05, 3.63) is 29.3 Å². The van der Waals surface area contributed by atoms with E-state index in [1.54, 1.807) is 11.0 Å². The first kappa shape index (κ1) is 12.3. The van der Waals surface area contributed by atoms with Crippen LogP contribution in [0.15, 0.2) is 18.9 Å². The Hall–Kier alpha value is -1.13. The zero-order valence-electron chi connectivity index (χ0n) is 9.07. The van der Waals surface area contributed by atoms with E-state index in [0.717, 1.165) is 12.8 Å². The van der Waals surface area contributed by atoms with Crippen molar-refractivity contribution in [1.29, 1.82) is 0 Å². The Morgan fingerprint density at radius 1 is 1.59 bits per heavy atom.